The number of fused-ring (bicyclic) bond motifs is 3. The number of amides is 1. The lowest BCUT2D eigenvalue weighted by molar-refractivity contribution is -0.142. The minimum atomic E-state index is -3.33. The zero-order valence-corrected chi connectivity index (χ0v) is 22.6. The van der Waals surface area contributed by atoms with E-state index in [-0.39, 0.29) is 33.5 Å². The Morgan fingerprint density at radius 1 is 0.912 bits per heavy atom. The first-order chi connectivity index (χ1) is 15.8. The molecular formula is C28H42BNO3S. The number of carbonyl (C=O) groups excluding carboxylic acids is 1. The molecule has 0 N–H and O–H groups in total. The van der Waals surface area contributed by atoms with Crippen LogP contribution in [0.3, 0.4) is 0 Å². The molecule has 3 saturated carbocycles. The van der Waals surface area contributed by atoms with E-state index in [2.05, 4.69) is 44.7 Å². The molecule has 2 heterocycles. The largest absolute Gasteiger partial charge is 0.337 e. The fraction of sp³-hybridized carbons (Fsp3) is 0.750. The van der Waals surface area contributed by atoms with E-state index in [1.54, 1.807) is 0 Å². The van der Waals surface area contributed by atoms with Crippen molar-refractivity contribution >= 4 is 27.9 Å². The molecule has 1 aromatic carbocycles. The summed E-state index contributed by atoms with van der Waals surface area (Å²) in [6.45, 7) is 12.8. The number of hydrogen-bond acceptors (Lipinski definition) is 3. The highest BCUT2D eigenvalue weighted by Gasteiger charge is 2.55. The van der Waals surface area contributed by atoms with Crippen LogP contribution >= 0.6 is 0 Å². The lowest BCUT2D eigenvalue weighted by atomic mass is 9.42. The minimum absolute atomic E-state index is 0.00214. The van der Waals surface area contributed by atoms with Crippen molar-refractivity contribution in [3.05, 3.63) is 24.3 Å². The van der Waals surface area contributed by atoms with Crippen LogP contribution in [0.15, 0.2) is 29.2 Å². The minimum Gasteiger partial charge on any atom is -0.337 e. The molecule has 34 heavy (non-hydrogen) atoms. The molecule has 6 rings (SSSR count). The zero-order valence-electron chi connectivity index (χ0n) is 21.8. The van der Waals surface area contributed by atoms with Gasteiger partial charge in [0.15, 0.2) is 16.6 Å². The van der Waals surface area contributed by atoms with E-state index in [0.29, 0.717) is 17.5 Å². The summed E-state index contributed by atoms with van der Waals surface area (Å²) in [5.74, 6) is 0.715. The number of rotatable bonds is 5. The predicted octanol–water partition coefficient (Wildman–Crippen LogP) is 5.19. The number of benzene rings is 1. The fourth-order valence-corrected chi connectivity index (χ4v) is 9.64. The van der Waals surface area contributed by atoms with Gasteiger partial charge in [-0.25, -0.2) is 8.42 Å². The predicted molar refractivity (Wildman–Crippen MR) is 139 cm³/mol. The van der Waals surface area contributed by atoms with Crippen molar-refractivity contribution < 1.29 is 13.2 Å². The molecule has 5 aliphatic rings. The van der Waals surface area contributed by atoms with Crippen molar-refractivity contribution in [3.8, 4) is 0 Å². The van der Waals surface area contributed by atoms with E-state index in [9.17, 15) is 13.2 Å². The van der Waals surface area contributed by atoms with Crippen molar-refractivity contribution in [2.45, 2.75) is 103 Å². The average molecular weight is 484 g/mol. The van der Waals surface area contributed by atoms with Crippen molar-refractivity contribution in [1.29, 1.82) is 0 Å². The Morgan fingerprint density at radius 2 is 1.44 bits per heavy atom. The third-order valence-electron chi connectivity index (χ3n) is 11.0. The van der Waals surface area contributed by atoms with E-state index in [1.807, 2.05) is 19.1 Å². The van der Waals surface area contributed by atoms with Gasteiger partial charge in [0.1, 0.15) is 0 Å². The molecule has 2 saturated heterocycles. The highest BCUT2D eigenvalue weighted by Crippen LogP contribution is 2.56. The fourth-order valence-electron chi connectivity index (χ4n) is 7.68. The Labute approximate surface area is 207 Å². The second kappa shape index (κ2) is 7.85. The summed E-state index contributed by atoms with van der Waals surface area (Å²) in [6.07, 6.45) is 8.93. The van der Waals surface area contributed by atoms with Gasteiger partial charge in [-0.2, -0.15) is 0 Å². The van der Waals surface area contributed by atoms with Crippen molar-refractivity contribution in [1.82, 2.24) is 4.90 Å². The molecule has 1 atom stereocenters. The lowest BCUT2D eigenvalue weighted by Gasteiger charge is -2.56. The van der Waals surface area contributed by atoms with Gasteiger partial charge >= 0.3 is 0 Å². The average Bonchev–Trinajstić information content (AvgIpc) is 3.23. The summed E-state index contributed by atoms with van der Waals surface area (Å²) < 4.78 is 27.0. The maximum Gasteiger partial charge on any atom is 0.225 e. The van der Waals surface area contributed by atoms with Crippen LogP contribution in [0.2, 0.25) is 12.6 Å². The van der Waals surface area contributed by atoms with Gasteiger partial charge in [-0.05, 0) is 73.3 Å². The van der Waals surface area contributed by atoms with Crippen LogP contribution in [0.5, 0.6) is 0 Å². The molecule has 1 unspecified atom stereocenters. The molecule has 2 bridgehead atoms. The standard InChI is InChI=1S/C28H42BNO3S/c1-21-10-17-30(24(21)31)28-14-11-27(12-15-28,13-16-28)20-34(32,33)23-8-6-22(7-9-23)29-18-25(2,3)26(4,5)19-29/h6-9,21H,10-20H2,1-5H3. The summed E-state index contributed by atoms with van der Waals surface area (Å²) in [5, 5.41) is 0. The van der Waals surface area contributed by atoms with Crippen LogP contribution in [0.4, 0.5) is 0 Å². The molecule has 1 aromatic rings. The van der Waals surface area contributed by atoms with E-state index in [0.717, 1.165) is 64.1 Å². The van der Waals surface area contributed by atoms with Crippen LogP contribution in [-0.2, 0) is 14.6 Å². The maximum atomic E-state index is 13.5. The van der Waals surface area contributed by atoms with Gasteiger partial charge < -0.3 is 4.90 Å². The lowest BCUT2D eigenvalue weighted by Crippen LogP contribution is -2.58. The van der Waals surface area contributed by atoms with E-state index in [1.165, 1.54) is 5.46 Å². The normalized spacial score (nSPS) is 34.7. The molecule has 5 fully saturated rings. The first kappa shape index (κ1) is 24.4. The van der Waals surface area contributed by atoms with E-state index < -0.39 is 9.84 Å². The summed E-state index contributed by atoms with van der Waals surface area (Å²) in [5.41, 5.74) is 1.73. The second-order valence-corrected chi connectivity index (χ2v) is 15.6. The Balaban J connectivity index is 1.27. The number of nitrogens with zero attached hydrogens (tertiary/aromatic N) is 1. The number of hydrogen-bond donors (Lipinski definition) is 0. The molecule has 0 aromatic heterocycles. The number of carbonyl (C=O) groups is 1. The molecule has 4 nitrogen and oxygen atoms in total. The Bertz CT molecular complexity index is 1030. The maximum absolute atomic E-state index is 13.5. The Kier molecular flexibility index (Phi) is 5.63. The van der Waals surface area contributed by atoms with Gasteiger partial charge in [0.25, 0.3) is 0 Å². The van der Waals surface area contributed by atoms with Crippen LogP contribution in [-0.4, -0.2) is 43.8 Å². The highest BCUT2D eigenvalue weighted by atomic mass is 32.2. The summed E-state index contributed by atoms with van der Waals surface area (Å²) in [6, 6.07) is 7.86. The number of sulfone groups is 1. The summed E-state index contributed by atoms with van der Waals surface area (Å²) >= 11 is 0. The topological polar surface area (TPSA) is 54.5 Å². The zero-order chi connectivity index (χ0) is 24.6. The molecule has 2 aliphatic heterocycles. The Morgan fingerprint density at radius 3 is 1.91 bits per heavy atom. The van der Waals surface area contributed by atoms with Crippen LogP contribution in [0.1, 0.15) is 79.6 Å². The highest BCUT2D eigenvalue weighted by molar-refractivity contribution is 7.91. The van der Waals surface area contributed by atoms with Gasteiger partial charge in [0.05, 0.1) is 10.6 Å². The van der Waals surface area contributed by atoms with Crippen molar-refractivity contribution in [2.75, 3.05) is 12.3 Å². The molecule has 6 heteroatoms. The molecule has 3 aliphatic carbocycles. The van der Waals surface area contributed by atoms with Gasteiger partial charge in [-0.15, -0.1) is 0 Å². The molecular weight excluding hydrogens is 441 g/mol. The van der Waals surface area contributed by atoms with Gasteiger partial charge in [-0.3, -0.25) is 4.79 Å². The SMILES string of the molecule is CC1CCN(C23CCC(CS(=O)(=O)c4ccc(B5CC(C)(C)C(C)(C)C5)cc4)(CC2)CC3)C1=O. The van der Waals surface area contributed by atoms with Crippen molar-refractivity contribution in [2.24, 2.45) is 22.2 Å². The third-order valence-corrected chi connectivity index (χ3v) is 12.9. The third kappa shape index (κ3) is 3.87. The van der Waals surface area contributed by atoms with Gasteiger partial charge in [-0.1, -0.05) is 64.9 Å². The first-order valence-corrected chi connectivity index (χ1v) is 15.1. The first-order valence-electron chi connectivity index (χ1n) is 13.4. The van der Waals surface area contributed by atoms with E-state index in [4.69, 9.17) is 0 Å². The van der Waals surface area contributed by atoms with Gasteiger partial charge in [0, 0.05) is 18.0 Å². The summed E-state index contributed by atoms with van der Waals surface area (Å²) in [7, 11) is -3.33. The van der Waals surface area contributed by atoms with E-state index >= 15 is 0 Å². The quantitative estimate of drug-likeness (QED) is 0.542. The number of likely N-dealkylation sites (tertiary alicyclic amines) is 1. The smallest absolute Gasteiger partial charge is 0.225 e. The van der Waals surface area contributed by atoms with Crippen molar-refractivity contribution in [3.63, 3.8) is 0 Å². The monoisotopic (exact) mass is 483 g/mol. The Hall–Kier alpha value is -1.30. The van der Waals surface area contributed by atoms with Gasteiger partial charge in [0.2, 0.25) is 5.91 Å². The molecule has 1 amide bonds. The van der Waals surface area contributed by atoms with Crippen LogP contribution in [0.25, 0.3) is 0 Å². The van der Waals surface area contributed by atoms with Crippen LogP contribution in [0, 0.1) is 22.2 Å². The van der Waals surface area contributed by atoms with Crippen LogP contribution < -0.4 is 5.46 Å². The molecule has 0 radical (unpaired) electrons. The molecule has 0 spiro atoms. The second-order valence-electron chi connectivity index (χ2n) is 13.6. The molecule has 186 valence electrons. The summed E-state index contributed by atoms with van der Waals surface area (Å²) in [4.78, 5) is 15.3.